The topological polar surface area (TPSA) is 83.4 Å². The largest absolute Gasteiger partial charge is 0.481 e. The van der Waals surface area contributed by atoms with Crippen LogP contribution < -0.4 is 4.90 Å². The van der Waals surface area contributed by atoms with Gasteiger partial charge in [-0.25, -0.2) is 4.98 Å². The number of piperidine rings is 1. The van der Waals surface area contributed by atoms with Crippen molar-refractivity contribution in [3.63, 3.8) is 0 Å². The van der Waals surface area contributed by atoms with E-state index in [1.165, 1.54) is 18.6 Å². The van der Waals surface area contributed by atoms with Crippen LogP contribution in [0, 0.1) is 5.41 Å². The smallest absolute Gasteiger partial charge is 0.304 e. The Labute approximate surface area is 195 Å². The molecule has 1 aliphatic heterocycles. The van der Waals surface area contributed by atoms with Crippen molar-refractivity contribution in [2.45, 2.75) is 31.7 Å². The summed E-state index contributed by atoms with van der Waals surface area (Å²) in [5.74, 6) is -1.21. The molecule has 0 saturated carbocycles. The summed E-state index contributed by atoms with van der Waals surface area (Å²) in [5.41, 5.74) is 0.630. The molecule has 0 radical (unpaired) electrons. The minimum Gasteiger partial charge on any atom is -0.481 e. The van der Waals surface area contributed by atoms with Gasteiger partial charge in [0.15, 0.2) is 5.82 Å². The molecule has 3 aromatic rings. The van der Waals surface area contributed by atoms with Crippen molar-refractivity contribution in [2.24, 2.45) is 5.41 Å². The second-order valence-corrected chi connectivity index (χ2v) is 9.10. The van der Waals surface area contributed by atoms with Gasteiger partial charge in [-0.15, -0.1) is 0 Å². The summed E-state index contributed by atoms with van der Waals surface area (Å²) < 4.78 is 0. The molecule has 1 saturated heterocycles. The molecule has 8 heteroatoms. The van der Waals surface area contributed by atoms with Gasteiger partial charge in [-0.3, -0.25) is 19.5 Å². The van der Waals surface area contributed by atoms with Crippen LogP contribution in [0.5, 0.6) is 0 Å². The number of aliphatic carboxylic acids is 1. The number of nitrogens with zero attached hydrogens (tertiary/aromatic N) is 3. The third kappa shape index (κ3) is 4.33. The molecule has 1 N–H and O–H groups in total. The monoisotopic (exact) mass is 469 g/mol. The van der Waals surface area contributed by atoms with Gasteiger partial charge in [-0.2, -0.15) is 0 Å². The van der Waals surface area contributed by atoms with Crippen molar-refractivity contribution >= 4 is 40.9 Å². The number of halogens is 2. The first kappa shape index (κ1) is 22.2. The summed E-state index contributed by atoms with van der Waals surface area (Å²) in [5, 5.41) is 10.7. The molecular formula is C24H21Cl2N3O3. The van der Waals surface area contributed by atoms with Gasteiger partial charge >= 0.3 is 5.97 Å². The molecule has 1 amide bonds. The van der Waals surface area contributed by atoms with E-state index in [1.807, 2.05) is 30.3 Å². The number of amides is 1. The van der Waals surface area contributed by atoms with Crippen molar-refractivity contribution in [1.29, 1.82) is 0 Å². The minimum atomic E-state index is -1.14. The molecule has 3 atom stereocenters. The van der Waals surface area contributed by atoms with E-state index in [1.54, 1.807) is 30.0 Å². The summed E-state index contributed by atoms with van der Waals surface area (Å²) >= 11 is 12.4. The number of carbonyl (C=O) groups is 2. The molecular weight excluding hydrogens is 449 g/mol. The highest BCUT2D eigenvalue weighted by Gasteiger charge is 2.51. The van der Waals surface area contributed by atoms with E-state index in [0.717, 1.165) is 11.1 Å². The van der Waals surface area contributed by atoms with Crippen molar-refractivity contribution in [1.82, 2.24) is 9.97 Å². The first-order chi connectivity index (χ1) is 15.3. The lowest BCUT2D eigenvalue weighted by molar-refractivity contribution is -0.145. The quantitative estimate of drug-likeness (QED) is 0.531. The van der Waals surface area contributed by atoms with E-state index in [2.05, 4.69) is 9.97 Å². The summed E-state index contributed by atoms with van der Waals surface area (Å²) in [4.78, 5) is 35.6. The fraction of sp³-hybridized carbons (Fsp3) is 0.250. The molecule has 4 rings (SSSR count). The molecule has 32 heavy (non-hydrogen) atoms. The van der Waals surface area contributed by atoms with Crippen LogP contribution in [0.15, 0.2) is 67.1 Å². The van der Waals surface area contributed by atoms with E-state index in [4.69, 9.17) is 23.2 Å². The van der Waals surface area contributed by atoms with E-state index in [0.29, 0.717) is 22.3 Å². The first-order valence-electron chi connectivity index (χ1n) is 10.1. The summed E-state index contributed by atoms with van der Waals surface area (Å²) in [6.45, 7) is 1.70. The van der Waals surface area contributed by atoms with Crippen LogP contribution in [0.25, 0.3) is 0 Å². The summed E-state index contributed by atoms with van der Waals surface area (Å²) in [6, 6.07) is 14.3. The molecule has 0 spiro atoms. The van der Waals surface area contributed by atoms with Crippen LogP contribution in [0.4, 0.5) is 5.82 Å². The van der Waals surface area contributed by atoms with Crippen LogP contribution in [-0.4, -0.2) is 27.0 Å². The third-order valence-corrected chi connectivity index (χ3v) is 6.38. The van der Waals surface area contributed by atoms with Gasteiger partial charge in [0.25, 0.3) is 0 Å². The SMILES string of the molecule is C[C@]1(CC(=O)O)C[C@H](c2cccc(Cl)c2)[C@@H](c2ccc(Cl)cc2)N(c2cnccn2)C1=O. The van der Waals surface area contributed by atoms with Crippen molar-refractivity contribution in [3.8, 4) is 0 Å². The number of anilines is 1. The highest BCUT2D eigenvalue weighted by Crippen LogP contribution is 2.52. The minimum absolute atomic E-state index is 0.237. The van der Waals surface area contributed by atoms with Gasteiger partial charge in [0.1, 0.15) is 0 Å². The van der Waals surface area contributed by atoms with Gasteiger partial charge in [0.05, 0.1) is 24.1 Å². The van der Waals surface area contributed by atoms with E-state index < -0.39 is 17.4 Å². The van der Waals surface area contributed by atoms with Gasteiger partial charge in [0.2, 0.25) is 5.91 Å². The predicted molar refractivity (Wildman–Crippen MR) is 123 cm³/mol. The van der Waals surface area contributed by atoms with Gasteiger partial charge in [0, 0.05) is 28.4 Å². The number of carboxylic acids is 1. The summed E-state index contributed by atoms with van der Waals surface area (Å²) in [6.07, 6.45) is 4.59. The van der Waals surface area contributed by atoms with Crippen LogP contribution in [-0.2, 0) is 9.59 Å². The van der Waals surface area contributed by atoms with E-state index in [-0.39, 0.29) is 18.2 Å². The lowest BCUT2D eigenvalue weighted by Crippen LogP contribution is -2.53. The Morgan fingerprint density at radius 3 is 2.50 bits per heavy atom. The molecule has 6 nitrogen and oxygen atoms in total. The second kappa shape index (κ2) is 8.88. The van der Waals surface area contributed by atoms with Gasteiger partial charge in [-0.1, -0.05) is 54.4 Å². The highest BCUT2D eigenvalue weighted by molar-refractivity contribution is 6.30. The zero-order valence-electron chi connectivity index (χ0n) is 17.3. The Hall–Kier alpha value is -2.96. The maximum Gasteiger partial charge on any atom is 0.304 e. The average Bonchev–Trinajstić information content (AvgIpc) is 2.76. The zero-order valence-corrected chi connectivity index (χ0v) is 18.8. The number of rotatable bonds is 5. The van der Waals surface area contributed by atoms with Crippen LogP contribution in [0.2, 0.25) is 10.0 Å². The van der Waals surface area contributed by atoms with Gasteiger partial charge in [-0.05, 0) is 41.8 Å². The van der Waals surface area contributed by atoms with E-state index in [9.17, 15) is 14.7 Å². The molecule has 2 heterocycles. The summed E-state index contributed by atoms with van der Waals surface area (Å²) in [7, 11) is 0. The number of carboxylic acid groups (broad SMARTS) is 1. The Morgan fingerprint density at radius 1 is 1.12 bits per heavy atom. The molecule has 164 valence electrons. The Bertz CT molecular complexity index is 1140. The van der Waals surface area contributed by atoms with Crippen molar-refractivity contribution in [2.75, 3.05) is 4.90 Å². The number of aromatic nitrogens is 2. The molecule has 1 fully saturated rings. The highest BCUT2D eigenvalue weighted by atomic mass is 35.5. The van der Waals surface area contributed by atoms with Crippen LogP contribution >= 0.6 is 23.2 Å². The molecule has 1 aromatic heterocycles. The standard InChI is InChI=1S/C24H21Cl2N3O3/c1-24(13-21(30)31)12-19(16-3-2-4-18(26)11-16)22(15-5-7-17(25)8-6-15)29(23(24)32)20-14-27-9-10-28-20/h2-11,14,19,22H,12-13H2,1H3,(H,30,31)/t19-,22-,24-/m1/s1. The van der Waals surface area contributed by atoms with E-state index >= 15 is 0 Å². The fourth-order valence-corrected chi connectivity index (χ4v) is 4.83. The third-order valence-electron chi connectivity index (χ3n) is 5.89. The molecule has 1 aliphatic rings. The average molecular weight is 470 g/mol. The molecule has 0 bridgehead atoms. The first-order valence-corrected chi connectivity index (χ1v) is 10.9. The van der Waals surface area contributed by atoms with Crippen molar-refractivity contribution < 1.29 is 14.7 Å². The lowest BCUT2D eigenvalue weighted by atomic mass is 9.67. The Morgan fingerprint density at radius 2 is 1.88 bits per heavy atom. The number of carbonyl (C=O) groups excluding carboxylic acids is 1. The molecule has 0 unspecified atom stereocenters. The molecule has 0 aliphatic carbocycles. The maximum absolute atomic E-state index is 13.8. The maximum atomic E-state index is 13.8. The second-order valence-electron chi connectivity index (χ2n) is 8.23. The number of benzene rings is 2. The number of hydrogen-bond acceptors (Lipinski definition) is 4. The normalized spacial score (nSPS) is 23.2. The van der Waals surface area contributed by atoms with Crippen molar-refractivity contribution in [3.05, 3.63) is 88.3 Å². The Balaban J connectivity index is 1.94. The fourth-order valence-electron chi connectivity index (χ4n) is 4.50. The lowest BCUT2D eigenvalue weighted by Gasteiger charge is -2.48. The Kier molecular flexibility index (Phi) is 6.17. The number of hydrogen-bond donors (Lipinski definition) is 1. The predicted octanol–water partition coefficient (Wildman–Crippen LogP) is 5.53. The zero-order chi connectivity index (χ0) is 22.9. The van der Waals surface area contributed by atoms with Crippen LogP contribution in [0.3, 0.4) is 0 Å². The molecule has 2 aromatic carbocycles. The van der Waals surface area contributed by atoms with Gasteiger partial charge < -0.3 is 5.11 Å². The van der Waals surface area contributed by atoms with Crippen LogP contribution in [0.1, 0.15) is 42.9 Å².